The molecule has 0 aromatic carbocycles. The minimum absolute atomic E-state index is 0.369. The second kappa shape index (κ2) is 6.83. The number of rotatable bonds is 4. The average Bonchev–Trinajstić information content (AvgIpc) is 2.30. The molecule has 1 saturated heterocycles. The SMILES string of the molecule is CO[C@@H]1[C@@H](OC)[C@@H](C)O[C@@H](OC(C)=O)[C@@H]1OC(C)=O. The van der Waals surface area contributed by atoms with Crippen LogP contribution in [-0.4, -0.2) is 56.9 Å². The fourth-order valence-corrected chi connectivity index (χ4v) is 2.14. The highest BCUT2D eigenvalue weighted by Gasteiger charge is 2.48. The summed E-state index contributed by atoms with van der Waals surface area (Å²) in [6, 6.07) is 0. The molecule has 7 heteroatoms. The first-order valence-corrected chi connectivity index (χ1v) is 5.96. The van der Waals surface area contributed by atoms with Gasteiger partial charge in [0.2, 0.25) is 6.29 Å². The molecule has 0 N–H and O–H groups in total. The first-order chi connectivity index (χ1) is 8.90. The van der Waals surface area contributed by atoms with Crippen molar-refractivity contribution in [3.8, 4) is 0 Å². The topological polar surface area (TPSA) is 80.3 Å². The third-order valence-electron chi connectivity index (χ3n) is 2.86. The van der Waals surface area contributed by atoms with Crippen molar-refractivity contribution in [3.63, 3.8) is 0 Å². The molecular weight excluding hydrogens is 256 g/mol. The van der Waals surface area contributed by atoms with Gasteiger partial charge >= 0.3 is 11.9 Å². The standard InChI is InChI=1S/C12H20O7/c1-6-9(15-4)10(16-5)11(18-7(2)13)12(17-6)19-8(3)14/h6,9-12H,1-5H3/t6-,9+,10-,11-,12+/m1/s1. The van der Waals surface area contributed by atoms with Gasteiger partial charge in [-0.25, -0.2) is 0 Å². The molecule has 0 aliphatic carbocycles. The van der Waals surface area contributed by atoms with E-state index in [1.54, 1.807) is 6.92 Å². The Hall–Kier alpha value is -1.18. The Labute approximate surface area is 112 Å². The maximum Gasteiger partial charge on any atom is 0.305 e. The van der Waals surface area contributed by atoms with E-state index in [2.05, 4.69) is 0 Å². The summed E-state index contributed by atoms with van der Waals surface area (Å²) in [6.07, 6.45) is -3.26. The molecule has 19 heavy (non-hydrogen) atoms. The monoisotopic (exact) mass is 276 g/mol. The van der Waals surface area contributed by atoms with Crippen LogP contribution in [0.2, 0.25) is 0 Å². The lowest BCUT2D eigenvalue weighted by Crippen LogP contribution is -2.60. The number of carbonyl (C=O) groups excluding carboxylic acids is 2. The van der Waals surface area contributed by atoms with E-state index in [1.165, 1.54) is 28.1 Å². The molecule has 110 valence electrons. The van der Waals surface area contributed by atoms with Crippen LogP contribution in [0.4, 0.5) is 0 Å². The second-order valence-corrected chi connectivity index (χ2v) is 4.29. The zero-order valence-corrected chi connectivity index (χ0v) is 11.7. The van der Waals surface area contributed by atoms with Crippen LogP contribution in [0, 0.1) is 0 Å². The molecule has 0 aromatic rings. The van der Waals surface area contributed by atoms with Crippen molar-refractivity contribution in [2.45, 2.75) is 51.5 Å². The summed E-state index contributed by atoms with van der Waals surface area (Å²) >= 11 is 0. The van der Waals surface area contributed by atoms with Crippen LogP contribution < -0.4 is 0 Å². The third kappa shape index (κ3) is 3.89. The lowest BCUT2D eigenvalue weighted by molar-refractivity contribution is -0.294. The molecule has 5 atom stereocenters. The van der Waals surface area contributed by atoms with Crippen molar-refractivity contribution in [3.05, 3.63) is 0 Å². The Morgan fingerprint density at radius 1 is 0.895 bits per heavy atom. The summed E-state index contributed by atoms with van der Waals surface area (Å²) in [6.45, 7) is 4.28. The first kappa shape index (κ1) is 15.9. The van der Waals surface area contributed by atoms with Gasteiger partial charge in [0.15, 0.2) is 6.10 Å². The van der Waals surface area contributed by atoms with Crippen molar-refractivity contribution >= 4 is 11.9 Å². The van der Waals surface area contributed by atoms with Crippen molar-refractivity contribution < 1.29 is 33.3 Å². The molecule has 1 rings (SSSR count). The highest BCUT2D eigenvalue weighted by atomic mass is 16.7. The second-order valence-electron chi connectivity index (χ2n) is 4.29. The molecule has 0 aromatic heterocycles. The summed E-state index contributed by atoms with van der Waals surface area (Å²) in [5.41, 5.74) is 0. The molecule has 7 nitrogen and oxygen atoms in total. The summed E-state index contributed by atoms with van der Waals surface area (Å²) in [7, 11) is 2.98. The molecule has 1 aliphatic heterocycles. The van der Waals surface area contributed by atoms with Gasteiger partial charge in [-0.2, -0.15) is 0 Å². The van der Waals surface area contributed by atoms with E-state index in [0.717, 1.165) is 0 Å². The first-order valence-electron chi connectivity index (χ1n) is 5.96. The van der Waals surface area contributed by atoms with E-state index in [9.17, 15) is 9.59 Å². The van der Waals surface area contributed by atoms with E-state index in [0.29, 0.717) is 0 Å². The Kier molecular flexibility index (Phi) is 5.71. The molecular formula is C12H20O7. The van der Waals surface area contributed by atoms with Crippen LogP contribution in [0.1, 0.15) is 20.8 Å². The molecule has 1 fully saturated rings. The number of hydrogen-bond donors (Lipinski definition) is 0. The van der Waals surface area contributed by atoms with Gasteiger partial charge in [-0.3, -0.25) is 9.59 Å². The van der Waals surface area contributed by atoms with Crippen LogP contribution in [0.15, 0.2) is 0 Å². The van der Waals surface area contributed by atoms with Gasteiger partial charge in [-0.05, 0) is 6.92 Å². The van der Waals surface area contributed by atoms with Crippen molar-refractivity contribution in [2.75, 3.05) is 14.2 Å². The Balaban J connectivity index is 2.95. The molecule has 0 bridgehead atoms. The minimum atomic E-state index is -1.01. The fraction of sp³-hybridized carbons (Fsp3) is 0.833. The van der Waals surface area contributed by atoms with Gasteiger partial charge in [0.25, 0.3) is 0 Å². The molecule has 1 aliphatic rings. The quantitative estimate of drug-likeness (QED) is 0.681. The van der Waals surface area contributed by atoms with Crippen molar-refractivity contribution in [2.24, 2.45) is 0 Å². The maximum atomic E-state index is 11.2. The minimum Gasteiger partial charge on any atom is -0.453 e. The lowest BCUT2D eigenvalue weighted by Gasteiger charge is -2.42. The van der Waals surface area contributed by atoms with E-state index >= 15 is 0 Å². The van der Waals surface area contributed by atoms with E-state index in [-0.39, 0.29) is 6.10 Å². The Morgan fingerprint density at radius 3 is 1.84 bits per heavy atom. The molecule has 1 heterocycles. The van der Waals surface area contributed by atoms with Gasteiger partial charge in [-0.15, -0.1) is 0 Å². The van der Waals surface area contributed by atoms with Crippen molar-refractivity contribution in [1.29, 1.82) is 0 Å². The highest BCUT2D eigenvalue weighted by Crippen LogP contribution is 2.28. The maximum absolute atomic E-state index is 11.2. The Morgan fingerprint density at radius 2 is 1.42 bits per heavy atom. The predicted molar refractivity (Wildman–Crippen MR) is 63.2 cm³/mol. The van der Waals surface area contributed by atoms with E-state index < -0.39 is 36.5 Å². The zero-order chi connectivity index (χ0) is 14.6. The van der Waals surface area contributed by atoms with Gasteiger partial charge in [0.1, 0.15) is 12.2 Å². The number of methoxy groups -OCH3 is 2. The summed E-state index contributed by atoms with van der Waals surface area (Å²) in [5, 5.41) is 0. The van der Waals surface area contributed by atoms with Crippen molar-refractivity contribution in [1.82, 2.24) is 0 Å². The normalized spacial score (nSPS) is 34.7. The van der Waals surface area contributed by atoms with Crippen LogP contribution in [0.3, 0.4) is 0 Å². The fourth-order valence-electron chi connectivity index (χ4n) is 2.14. The van der Waals surface area contributed by atoms with Crippen LogP contribution in [0.25, 0.3) is 0 Å². The van der Waals surface area contributed by atoms with Crippen LogP contribution >= 0.6 is 0 Å². The molecule has 0 unspecified atom stereocenters. The van der Waals surface area contributed by atoms with E-state index in [4.69, 9.17) is 23.7 Å². The molecule has 0 saturated carbocycles. The molecule has 0 spiro atoms. The molecule has 0 amide bonds. The summed E-state index contributed by atoms with van der Waals surface area (Å²) in [4.78, 5) is 22.2. The van der Waals surface area contributed by atoms with Crippen LogP contribution in [-0.2, 0) is 33.3 Å². The number of ether oxygens (including phenoxy) is 5. The van der Waals surface area contributed by atoms with E-state index in [1.807, 2.05) is 0 Å². The average molecular weight is 276 g/mol. The number of hydrogen-bond acceptors (Lipinski definition) is 7. The number of esters is 2. The smallest absolute Gasteiger partial charge is 0.305 e. The highest BCUT2D eigenvalue weighted by molar-refractivity contribution is 5.67. The van der Waals surface area contributed by atoms with Gasteiger partial charge in [0, 0.05) is 28.1 Å². The lowest BCUT2D eigenvalue weighted by atomic mass is 9.99. The summed E-state index contributed by atoms with van der Waals surface area (Å²) in [5.74, 6) is -1.04. The molecule has 0 radical (unpaired) electrons. The van der Waals surface area contributed by atoms with Crippen LogP contribution in [0.5, 0.6) is 0 Å². The Bertz CT molecular complexity index is 330. The summed E-state index contributed by atoms with van der Waals surface area (Å²) < 4.78 is 26.3. The van der Waals surface area contributed by atoms with Gasteiger partial charge in [0.05, 0.1) is 6.10 Å². The van der Waals surface area contributed by atoms with Gasteiger partial charge in [-0.1, -0.05) is 0 Å². The number of carbonyl (C=O) groups is 2. The zero-order valence-electron chi connectivity index (χ0n) is 11.7. The van der Waals surface area contributed by atoms with Gasteiger partial charge < -0.3 is 23.7 Å². The predicted octanol–water partition coefficient (Wildman–Crippen LogP) is 0.256. The largest absolute Gasteiger partial charge is 0.453 e. The third-order valence-corrected chi connectivity index (χ3v) is 2.86.